The van der Waals surface area contributed by atoms with E-state index in [1.807, 2.05) is 23.1 Å². The summed E-state index contributed by atoms with van der Waals surface area (Å²) in [5, 5.41) is 10.4. The number of allylic oxidation sites excluding steroid dienone is 2. The molecule has 4 heteroatoms. The van der Waals surface area contributed by atoms with Crippen molar-refractivity contribution in [2.75, 3.05) is 9.80 Å². The lowest BCUT2D eigenvalue weighted by Crippen LogP contribution is -2.20. The van der Waals surface area contributed by atoms with Crippen molar-refractivity contribution in [3.05, 3.63) is 218 Å². The largest absolute Gasteiger partial charge is 0.310 e. The number of benzene rings is 9. The predicted octanol–water partition coefficient (Wildman–Crippen LogP) is 15.8. The Hall–Kier alpha value is -6.59. The summed E-state index contributed by atoms with van der Waals surface area (Å²) in [5.74, 6) is 0.317. The van der Waals surface area contributed by atoms with Gasteiger partial charge in [-0.3, -0.25) is 0 Å². The van der Waals surface area contributed by atoms with E-state index in [0.29, 0.717) is 11.2 Å². The number of anilines is 5. The summed E-state index contributed by atoms with van der Waals surface area (Å²) in [6, 6.07) is 69.2. The molecule has 2 heterocycles. The van der Waals surface area contributed by atoms with Crippen molar-refractivity contribution >= 4 is 104 Å². The Morgan fingerprint density at radius 2 is 0.948 bits per heavy atom. The summed E-state index contributed by atoms with van der Waals surface area (Å²) in [6.45, 7) is 0. The normalized spacial score (nSPS) is 15.9. The van der Waals surface area contributed by atoms with Crippen LogP contribution in [0, 0.1) is 0 Å². The Balaban J connectivity index is 1.11. The number of para-hydroxylation sites is 2. The molecule has 9 aromatic carbocycles. The highest BCUT2D eigenvalue weighted by atomic mass is 32.2. The lowest BCUT2D eigenvalue weighted by atomic mass is 9.90. The average Bonchev–Trinajstić information content (AvgIpc) is 3.85. The van der Waals surface area contributed by atoms with E-state index in [2.05, 4.69) is 216 Å². The van der Waals surface area contributed by atoms with E-state index in [-0.39, 0.29) is 0 Å². The molecular weight excluding hydrogens is 741 g/mol. The van der Waals surface area contributed by atoms with Crippen LogP contribution in [-0.2, 0) is 0 Å². The maximum absolute atomic E-state index is 2.50. The second-order valence-corrected chi connectivity index (χ2v) is 17.5. The maximum Gasteiger partial charge on any atom is 0.0546 e. The molecule has 1 aliphatic heterocycles. The lowest BCUT2D eigenvalue weighted by Gasteiger charge is -2.32. The van der Waals surface area contributed by atoms with Crippen molar-refractivity contribution in [2.24, 2.45) is 0 Å². The van der Waals surface area contributed by atoms with Gasteiger partial charge in [0.2, 0.25) is 0 Å². The molecular formula is C54H36N2S2. The van der Waals surface area contributed by atoms with Gasteiger partial charge in [0.25, 0.3) is 0 Å². The molecule has 1 aromatic heterocycles. The van der Waals surface area contributed by atoms with E-state index in [0.717, 1.165) is 22.7 Å². The van der Waals surface area contributed by atoms with E-state index in [1.165, 1.54) is 74.3 Å². The third-order valence-electron chi connectivity index (χ3n) is 11.9. The monoisotopic (exact) mass is 776 g/mol. The number of hydrogen-bond acceptors (Lipinski definition) is 4. The first-order valence-electron chi connectivity index (χ1n) is 19.9. The summed E-state index contributed by atoms with van der Waals surface area (Å²) in [4.78, 5) is 6.33. The molecule has 0 saturated carbocycles. The molecule has 2 atom stereocenters. The van der Waals surface area contributed by atoms with Gasteiger partial charge < -0.3 is 9.80 Å². The maximum atomic E-state index is 2.50. The molecule has 2 aliphatic rings. The Morgan fingerprint density at radius 3 is 1.66 bits per heavy atom. The minimum Gasteiger partial charge on any atom is -0.310 e. The topological polar surface area (TPSA) is 6.48 Å². The molecule has 2 nitrogen and oxygen atoms in total. The zero-order valence-electron chi connectivity index (χ0n) is 31.5. The number of fused-ring (bicyclic) bond motifs is 11. The molecule has 0 fully saturated rings. The molecule has 0 radical (unpaired) electrons. The van der Waals surface area contributed by atoms with Gasteiger partial charge in [-0.2, -0.15) is 0 Å². The number of nitrogens with zero attached hydrogens (tertiary/aromatic N) is 2. The number of hydrogen-bond donors (Lipinski definition) is 0. The third-order valence-corrected chi connectivity index (χ3v) is 14.4. The molecule has 0 amide bonds. The number of thiophene rings is 1. The van der Waals surface area contributed by atoms with E-state index >= 15 is 0 Å². The van der Waals surface area contributed by atoms with Crippen LogP contribution in [0.25, 0.3) is 52.5 Å². The molecule has 1 aliphatic carbocycles. The Morgan fingerprint density at radius 1 is 0.397 bits per heavy atom. The van der Waals surface area contributed by atoms with Crippen LogP contribution in [0.15, 0.2) is 217 Å². The van der Waals surface area contributed by atoms with Crippen molar-refractivity contribution in [3.8, 4) is 0 Å². The first-order valence-corrected chi connectivity index (χ1v) is 21.6. The highest BCUT2D eigenvalue weighted by molar-refractivity contribution is 8.00. The van der Waals surface area contributed by atoms with Gasteiger partial charge in [-0.05, 0) is 99.9 Å². The predicted molar refractivity (Wildman–Crippen MR) is 251 cm³/mol. The molecule has 2 unspecified atom stereocenters. The van der Waals surface area contributed by atoms with Gasteiger partial charge in [-0.25, -0.2) is 0 Å². The summed E-state index contributed by atoms with van der Waals surface area (Å²) >= 11 is 3.84. The van der Waals surface area contributed by atoms with Crippen LogP contribution >= 0.6 is 23.1 Å². The summed E-state index contributed by atoms with van der Waals surface area (Å²) in [7, 11) is 0. The lowest BCUT2D eigenvalue weighted by molar-refractivity contribution is 0.863. The Bertz CT molecular complexity index is 3290. The second kappa shape index (κ2) is 13.5. The SMILES string of the molecule is C1=CC2Sc3ccccc3C2C=C1N(c1ccccc1)c1cc2c3ccccc3c(N(c3ccccc3)c3ccc4sc5ccccc5c4c3)cc2c2ccccc12. The van der Waals surface area contributed by atoms with Crippen molar-refractivity contribution in [3.63, 3.8) is 0 Å². The van der Waals surface area contributed by atoms with Gasteiger partial charge in [0.1, 0.15) is 0 Å². The molecule has 10 aromatic rings. The highest BCUT2D eigenvalue weighted by Crippen LogP contribution is 2.52. The van der Waals surface area contributed by atoms with E-state index < -0.39 is 0 Å². The third kappa shape index (κ3) is 5.33. The average molecular weight is 777 g/mol. The zero-order chi connectivity index (χ0) is 38.2. The van der Waals surface area contributed by atoms with Crippen molar-refractivity contribution in [1.82, 2.24) is 0 Å². The standard InChI is InChI=1S/C54H36N2S2/c1-3-15-35(16-4-1)55(37-27-29-53-47(31-37)43-23-11-13-25-51(43)57-53)49-33-45-40-20-8-10-22-42(40)50(34-46(45)39-19-7-9-21-41(39)49)56(36-17-5-2-6-18-36)38-28-30-54-48(32-38)44-24-12-14-26-52(44)58-54/h1-34,47,53H. The van der Waals surface area contributed by atoms with Crippen LogP contribution in [0.3, 0.4) is 0 Å². The fourth-order valence-corrected chi connectivity index (χ4v) is 11.7. The fraction of sp³-hybridized carbons (Fsp3) is 0.0370. The minimum absolute atomic E-state index is 0.317. The molecule has 12 rings (SSSR count). The van der Waals surface area contributed by atoms with Gasteiger partial charge in [-0.1, -0.05) is 133 Å². The van der Waals surface area contributed by atoms with E-state index in [9.17, 15) is 0 Å². The summed E-state index contributed by atoms with van der Waals surface area (Å²) < 4.78 is 2.62. The minimum atomic E-state index is 0.317. The number of thioether (sulfide) groups is 1. The van der Waals surface area contributed by atoms with E-state index in [4.69, 9.17) is 0 Å². The molecule has 0 spiro atoms. The number of rotatable bonds is 6. The fourth-order valence-electron chi connectivity index (χ4n) is 9.33. The quantitative estimate of drug-likeness (QED) is 0.155. The molecule has 0 bridgehead atoms. The zero-order valence-corrected chi connectivity index (χ0v) is 33.1. The summed E-state index contributed by atoms with van der Waals surface area (Å²) in [5.41, 5.74) is 8.37. The second-order valence-electron chi connectivity index (χ2n) is 15.2. The van der Waals surface area contributed by atoms with E-state index in [1.54, 1.807) is 0 Å². The molecule has 58 heavy (non-hydrogen) atoms. The Kier molecular flexibility index (Phi) is 7.82. The van der Waals surface area contributed by atoms with Crippen LogP contribution in [-0.4, -0.2) is 5.25 Å². The van der Waals surface area contributed by atoms with Crippen LogP contribution in [0.4, 0.5) is 28.4 Å². The van der Waals surface area contributed by atoms with Gasteiger partial charge in [0.05, 0.1) is 11.4 Å². The van der Waals surface area contributed by atoms with Gasteiger partial charge in [0.15, 0.2) is 0 Å². The highest BCUT2D eigenvalue weighted by Gasteiger charge is 2.33. The van der Waals surface area contributed by atoms with Crippen LogP contribution in [0.2, 0.25) is 0 Å². The van der Waals surface area contributed by atoms with Crippen molar-refractivity contribution in [1.29, 1.82) is 0 Å². The van der Waals surface area contributed by atoms with Gasteiger partial charge in [0, 0.05) is 69.8 Å². The molecule has 0 saturated heterocycles. The van der Waals surface area contributed by atoms with Gasteiger partial charge >= 0.3 is 0 Å². The smallest absolute Gasteiger partial charge is 0.0546 e. The van der Waals surface area contributed by atoms with Crippen molar-refractivity contribution < 1.29 is 0 Å². The van der Waals surface area contributed by atoms with Crippen LogP contribution in [0.1, 0.15) is 11.5 Å². The van der Waals surface area contributed by atoms with Crippen LogP contribution < -0.4 is 9.80 Å². The molecule has 0 N–H and O–H groups in total. The summed E-state index contributed by atoms with van der Waals surface area (Å²) in [6.07, 6.45) is 7.26. The van der Waals surface area contributed by atoms with Gasteiger partial charge in [-0.15, -0.1) is 23.1 Å². The first kappa shape index (κ1) is 33.5. The Labute approximate surface area is 345 Å². The molecule has 274 valence electrons. The first-order chi connectivity index (χ1) is 28.8. The van der Waals surface area contributed by atoms with Crippen LogP contribution in [0.5, 0.6) is 0 Å². The van der Waals surface area contributed by atoms with Crippen molar-refractivity contribution in [2.45, 2.75) is 16.1 Å².